The van der Waals surface area contributed by atoms with Crippen molar-refractivity contribution < 1.29 is 0 Å². The summed E-state index contributed by atoms with van der Waals surface area (Å²) in [5, 5.41) is 4.12. The van der Waals surface area contributed by atoms with Crippen molar-refractivity contribution in [2.45, 2.75) is 12.3 Å². The lowest BCUT2D eigenvalue weighted by Gasteiger charge is -2.20. The first-order chi connectivity index (χ1) is 8.78. The van der Waals surface area contributed by atoms with Crippen molar-refractivity contribution in [3.8, 4) is 11.1 Å². The second-order valence-electron chi connectivity index (χ2n) is 4.72. The van der Waals surface area contributed by atoms with Gasteiger partial charge >= 0.3 is 0 Å². The fourth-order valence-electron chi connectivity index (χ4n) is 2.12. The number of hydrazone groups is 1. The quantitative estimate of drug-likeness (QED) is 0.870. The van der Waals surface area contributed by atoms with Gasteiger partial charge in [0.2, 0.25) is 0 Å². The third kappa shape index (κ3) is 1.86. The van der Waals surface area contributed by atoms with Gasteiger partial charge in [-0.1, -0.05) is 24.3 Å². The third-order valence-corrected chi connectivity index (χ3v) is 3.30. The maximum Gasteiger partial charge on any atom is 0.115 e. The van der Waals surface area contributed by atoms with Crippen LogP contribution in [-0.2, 0) is 5.41 Å². The number of hydrogen-bond acceptors (Lipinski definition) is 4. The molecule has 0 saturated carbocycles. The van der Waals surface area contributed by atoms with Crippen LogP contribution in [0.2, 0.25) is 0 Å². The minimum Gasteiger partial charge on any atom is -0.309 e. The highest BCUT2D eigenvalue weighted by molar-refractivity contribution is 5.76. The van der Waals surface area contributed by atoms with Crippen LogP contribution in [0.5, 0.6) is 0 Å². The molecule has 0 fully saturated rings. The van der Waals surface area contributed by atoms with E-state index in [2.05, 4.69) is 51.7 Å². The van der Waals surface area contributed by atoms with E-state index < -0.39 is 0 Å². The van der Waals surface area contributed by atoms with Crippen molar-refractivity contribution >= 4 is 6.21 Å². The Morgan fingerprint density at radius 1 is 1.17 bits per heavy atom. The van der Waals surface area contributed by atoms with Crippen LogP contribution in [0, 0.1) is 0 Å². The molecule has 0 saturated heterocycles. The van der Waals surface area contributed by atoms with Crippen LogP contribution in [-0.4, -0.2) is 22.7 Å². The van der Waals surface area contributed by atoms with Gasteiger partial charge in [0.1, 0.15) is 6.33 Å². The molecule has 1 N–H and O–H groups in total. The van der Waals surface area contributed by atoms with Crippen molar-refractivity contribution in [1.82, 2.24) is 15.4 Å². The lowest BCUT2D eigenvalue weighted by atomic mass is 9.83. The average Bonchev–Trinajstić information content (AvgIpc) is 2.88. The summed E-state index contributed by atoms with van der Waals surface area (Å²) >= 11 is 0. The molecule has 1 aliphatic heterocycles. The molecule has 18 heavy (non-hydrogen) atoms. The SMILES string of the molecule is CC1(c2cccc(-c3cncnc3)c2)C=NNC1. The number of nitrogens with zero attached hydrogens (tertiary/aromatic N) is 3. The highest BCUT2D eigenvalue weighted by Gasteiger charge is 2.28. The molecule has 1 unspecified atom stereocenters. The second-order valence-corrected chi connectivity index (χ2v) is 4.72. The molecule has 2 heterocycles. The van der Waals surface area contributed by atoms with Crippen molar-refractivity contribution in [1.29, 1.82) is 0 Å². The monoisotopic (exact) mass is 238 g/mol. The Kier molecular flexibility index (Phi) is 2.55. The zero-order valence-corrected chi connectivity index (χ0v) is 10.2. The zero-order chi connectivity index (χ0) is 12.4. The predicted molar refractivity (Wildman–Crippen MR) is 71.3 cm³/mol. The van der Waals surface area contributed by atoms with Gasteiger partial charge in [0.05, 0.1) is 0 Å². The van der Waals surface area contributed by atoms with E-state index in [1.54, 1.807) is 6.33 Å². The largest absolute Gasteiger partial charge is 0.309 e. The topological polar surface area (TPSA) is 50.2 Å². The molecular weight excluding hydrogens is 224 g/mol. The maximum atomic E-state index is 4.12. The van der Waals surface area contributed by atoms with Gasteiger partial charge in [0.25, 0.3) is 0 Å². The number of aromatic nitrogens is 2. The zero-order valence-electron chi connectivity index (χ0n) is 10.2. The first-order valence-electron chi connectivity index (χ1n) is 5.91. The molecule has 2 aromatic rings. The van der Waals surface area contributed by atoms with Gasteiger partial charge in [-0.3, -0.25) is 0 Å². The van der Waals surface area contributed by atoms with Gasteiger partial charge in [-0.15, -0.1) is 0 Å². The summed E-state index contributed by atoms with van der Waals surface area (Å²) in [7, 11) is 0. The second kappa shape index (κ2) is 4.22. The molecule has 0 radical (unpaired) electrons. The van der Waals surface area contributed by atoms with Gasteiger partial charge in [0, 0.05) is 36.1 Å². The Morgan fingerprint density at radius 2 is 2.00 bits per heavy atom. The van der Waals surface area contributed by atoms with E-state index in [0.717, 1.165) is 17.7 Å². The van der Waals surface area contributed by atoms with Crippen molar-refractivity contribution in [2.24, 2.45) is 5.10 Å². The fraction of sp³-hybridized carbons (Fsp3) is 0.214. The Hall–Kier alpha value is -2.23. The van der Waals surface area contributed by atoms with E-state index >= 15 is 0 Å². The lowest BCUT2D eigenvalue weighted by molar-refractivity contribution is 0.622. The molecular formula is C14H14N4. The molecule has 90 valence electrons. The molecule has 1 aromatic carbocycles. The summed E-state index contributed by atoms with van der Waals surface area (Å²) in [6, 6.07) is 8.45. The number of hydrogen-bond donors (Lipinski definition) is 1. The highest BCUT2D eigenvalue weighted by Crippen LogP contribution is 2.27. The predicted octanol–water partition coefficient (Wildman–Crippen LogP) is 1.99. The minimum absolute atomic E-state index is 0.0361. The van der Waals surface area contributed by atoms with Crippen LogP contribution in [0.15, 0.2) is 48.1 Å². The summed E-state index contributed by atoms with van der Waals surface area (Å²) in [6.45, 7) is 3.01. The Labute approximate surface area is 106 Å². The van der Waals surface area contributed by atoms with E-state index in [9.17, 15) is 0 Å². The minimum atomic E-state index is -0.0361. The van der Waals surface area contributed by atoms with Crippen LogP contribution in [0.1, 0.15) is 12.5 Å². The summed E-state index contributed by atoms with van der Waals surface area (Å²) in [5.41, 5.74) is 6.39. The molecule has 1 atom stereocenters. The molecule has 0 amide bonds. The van der Waals surface area contributed by atoms with Crippen LogP contribution >= 0.6 is 0 Å². The first kappa shape index (κ1) is 10.9. The van der Waals surface area contributed by atoms with Gasteiger partial charge < -0.3 is 5.43 Å². The molecule has 0 aliphatic carbocycles. The van der Waals surface area contributed by atoms with Crippen LogP contribution in [0.4, 0.5) is 0 Å². The number of rotatable bonds is 2. The van der Waals surface area contributed by atoms with Gasteiger partial charge in [-0.05, 0) is 18.1 Å². The third-order valence-electron chi connectivity index (χ3n) is 3.30. The normalized spacial score (nSPS) is 21.8. The molecule has 4 heteroatoms. The van der Waals surface area contributed by atoms with Crippen molar-refractivity contribution in [3.63, 3.8) is 0 Å². The molecule has 1 aliphatic rings. The Balaban J connectivity index is 2.02. The van der Waals surface area contributed by atoms with E-state index in [1.807, 2.05) is 18.6 Å². The average molecular weight is 238 g/mol. The van der Waals surface area contributed by atoms with Crippen LogP contribution in [0.3, 0.4) is 0 Å². The molecule has 1 aromatic heterocycles. The number of nitrogens with one attached hydrogen (secondary N) is 1. The summed E-state index contributed by atoms with van der Waals surface area (Å²) < 4.78 is 0. The summed E-state index contributed by atoms with van der Waals surface area (Å²) in [6.07, 6.45) is 7.17. The molecule has 0 bridgehead atoms. The van der Waals surface area contributed by atoms with Gasteiger partial charge in [-0.25, -0.2) is 9.97 Å². The van der Waals surface area contributed by atoms with Crippen molar-refractivity contribution in [3.05, 3.63) is 48.5 Å². The molecule has 4 nitrogen and oxygen atoms in total. The van der Waals surface area contributed by atoms with E-state index in [-0.39, 0.29) is 5.41 Å². The molecule has 3 rings (SSSR count). The van der Waals surface area contributed by atoms with E-state index in [4.69, 9.17) is 0 Å². The van der Waals surface area contributed by atoms with Gasteiger partial charge in [0.15, 0.2) is 0 Å². The Morgan fingerprint density at radius 3 is 2.72 bits per heavy atom. The van der Waals surface area contributed by atoms with Crippen LogP contribution in [0.25, 0.3) is 11.1 Å². The fourth-order valence-corrected chi connectivity index (χ4v) is 2.12. The Bertz CT molecular complexity index is 579. The first-order valence-corrected chi connectivity index (χ1v) is 5.91. The maximum absolute atomic E-state index is 4.12. The standard InChI is InChI=1S/C14H14N4/c1-14(8-17-18-9-14)13-4-2-3-11(5-13)12-6-15-10-16-7-12/h2-8,10,18H,9H2,1H3. The van der Waals surface area contributed by atoms with Crippen molar-refractivity contribution in [2.75, 3.05) is 6.54 Å². The highest BCUT2D eigenvalue weighted by atomic mass is 15.3. The van der Waals surface area contributed by atoms with E-state index in [1.165, 1.54) is 5.56 Å². The number of benzene rings is 1. The van der Waals surface area contributed by atoms with E-state index in [0.29, 0.717) is 0 Å². The summed E-state index contributed by atoms with van der Waals surface area (Å²) in [5.74, 6) is 0. The smallest absolute Gasteiger partial charge is 0.115 e. The summed E-state index contributed by atoms with van der Waals surface area (Å²) in [4.78, 5) is 8.11. The van der Waals surface area contributed by atoms with Crippen LogP contribution < -0.4 is 5.43 Å². The molecule has 0 spiro atoms. The van der Waals surface area contributed by atoms with Gasteiger partial charge in [-0.2, -0.15) is 5.10 Å². The lowest BCUT2D eigenvalue weighted by Crippen LogP contribution is -2.28.